The van der Waals surface area contributed by atoms with E-state index in [-0.39, 0.29) is 0 Å². The fourth-order valence-electron chi connectivity index (χ4n) is 3.20. The number of thiol groups is 1. The van der Waals surface area contributed by atoms with Gasteiger partial charge in [-0.2, -0.15) is 0 Å². The molecule has 0 amide bonds. The maximum atomic E-state index is 4.79. The lowest BCUT2D eigenvalue weighted by molar-refractivity contribution is 1.43. The highest BCUT2D eigenvalue weighted by Crippen LogP contribution is 2.42. The van der Waals surface area contributed by atoms with Gasteiger partial charge in [0.1, 0.15) is 0 Å². The smallest absolute Gasteiger partial charge is 0.0155 e. The van der Waals surface area contributed by atoms with Crippen molar-refractivity contribution < 1.29 is 0 Å². The predicted octanol–water partition coefficient (Wildman–Crippen LogP) is 6.67. The summed E-state index contributed by atoms with van der Waals surface area (Å²) >= 11 is 6.58. The van der Waals surface area contributed by atoms with Crippen molar-refractivity contribution >= 4 is 45.9 Å². The first kappa shape index (κ1) is 14.7. The second kappa shape index (κ2) is 5.95. The van der Waals surface area contributed by atoms with E-state index in [1.807, 2.05) is 0 Å². The van der Waals surface area contributed by atoms with Crippen molar-refractivity contribution in [1.82, 2.24) is 0 Å². The van der Waals surface area contributed by atoms with Crippen molar-refractivity contribution in [3.05, 3.63) is 72.8 Å². The molecule has 0 aliphatic rings. The molecule has 4 rings (SSSR count). The minimum atomic E-state index is 1.02. The van der Waals surface area contributed by atoms with Gasteiger partial charge in [0.2, 0.25) is 0 Å². The maximum Gasteiger partial charge on any atom is 0.0155 e. The third kappa shape index (κ3) is 2.43. The van der Waals surface area contributed by atoms with Gasteiger partial charge in [-0.25, -0.2) is 0 Å². The molecule has 0 atom stereocenters. The summed E-state index contributed by atoms with van der Waals surface area (Å²) in [6.07, 6.45) is 2.14. The molecule has 2 heteroatoms. The van der Waals surface area contributed by atoms with Crippen LogP contribution in [0.4, 0.5) is 0 Å². The van der Waals surface area contributed by atoms with E-state index in [0.29, 0.717) is 0 Å². The lowest BCUT2D eigenvalue weighted by Crippen LogP contribution is -1.89. The number of benzene rings is 4. The first-order valence-corrected chi connectivity index (χ1v) is 9.23. The lowest BCUT2D eigenvalue weighted by atomic mass is 9.94. The van der Waals surface area contributed by atoms with Crippen molar-refractivity contribution in [1.29, 1.82) is 0 Å². The molecule has 0 radical (unpaired) electrons. The molecule has 0 fully saturated rings. The van der Waals surface area contributed by atoms with Crippen LogP contribution in [0.3, 0.4) is 0 Å². The Bertz CT molecular complexity index is 1020. The monoisotopic (exact) mass is 332 g/mol. The fraction of sp³-hybridized carbons (Fsp3) is 0.0476. The summed E-state index contributed by atoms with van der Waals surface area (Å²) in [4.78, 5) is 2.31. The third-order valence-corrected chi connectivity index (χ3v) is 5.42. The number of hydrogen-bond acceptors (Lipinski definition) is 2. The Hall–Kier alpha value is -1.90. The highest BCUT2D eigenvalue weighted by atomic mass is 32.2. The van der Waals surface area contributed by atoms with Gasteiger partial charge in [-0.1, -0.05) is 60.7 Å². The second-order valence-corrected chi connectivity index (χ2v) is 6.87. The van der Waals surface area contributed by atoms with Crippen LogP contribution < -0.4 is 0 Å². The van der Waals surface area contributed by atoms with E-state index in [2.05, 4.69) is 79.1 Å². The van der Waals surface area contributed by atoms with Crippen LogP contribution in [0.15, 0.2) is 82.6 Å². The summed E-state index contributed by atoms with van der Waals surface area (Å²) < 4.78 is 0. The van der Waals surface area contributed by atoms with E-state index in [4.69, 9.17) is 12.6 Å². The standard InChI is InChI=1S/C21H16S2/c1-23-19-13-11-15-7-3-5-9-17(15)21(19)20-16-8-4-2-6-14(16)10-12-18(20)22/h2-13,22H,1H3. The topological polar surface area (TPSA) is 0 Å². The van der Waals surface area contributed by atoms with E-state index in [1.54, 1.807) is 11.8 Å². The third-order valence-electron chi connectivity index (χ3n) is 4.27. The molecule has 0 aliphatic heterocycles. The van der Waals surface area contributed by atoms with Crippen LogP contribution in [0.5, 0.6) is 0 Å². The summed E-state index contributed by atoms with van der Waals surface area (Å²) in [5.74, 6) is 0. The fourth-order valence-corrected chi connectivity index (χ4v) is 4.13. The molecule has 0 aromatic heterocycles. The Kier molecular flexibility index (Phi) is 3.80. The van der Waals surface area contributed by atoms with Crippen LogP contribution in [0.1, 0.15) is 0 Å². The molecule has 0 saturated heterocycles. The van der Waals surface area contributed by atoms with Gasteiger partial charge in [-0.05, 0) is 39.9 Å². The van der Waals surface area contributed by atoms with Crippen LogP contribution in [-0.2, 0) is 0 Å². The first-order chi connectivity index (χ1) is 11.3. The highest BCUT2D eigenvalue weighted by molar-refractivity contribution is 7.98. The van der Waals surface area contributed by atoms with Gasteiger partial charge in [0.25, 0.3) is 0 Å². The molecule has 0 unspecified atom stereocenters. The molecule has 4 aromatic carbocycles. The van der Waals surface area contributed by atoms with Gasteiger partial charge < -0.3 is 0 Å². The predicted molar refractivity (Wildman–Crippen MR) is 106 cm³/mol. The Morgan fingerprint density at radius 1 is 0.652 bits per heavy atom. The van der Waals surface area contributed by atoms with Crippen molar-refractivity contribution in [2.75, 3.05) is 6.26 Å². The van der Waals surface area contributed by atoms with Gasteiger partial charge >= 0.3 is 0 Å². The Labute approximate surface area is 145 Å². The quantitative estimate of drug-likeness (QED) is 0.316. The van der Waals surface area contributed by atoms with E-state index >= 15 is 0 Å². The van der Waals surface area contributed by atoms with Crippen molar-refractivity contribution in [2.24, 2.45) is 0 Å². The van der Waals surface area contributed by atoms with Gasteiger partial charge in [0, 0.05) is 20.9 Å². The summed E-state index contributed by atoms with van der Waals surface area (Å²) in [5, 5.41) is 5.05. The molecule has 0 aliphatic carbocycles. The normalized spacial score (nSPS) is 11.2. The number of thioether (sulfide) groups is 1. The van der Waals surface area contributed by atoms with Gasteiger partial charge in [0.15, 0.2) is 0 Å². The van der Waals surface area contributed by atoms with E-state index < -0.39 is 0 Å². The van der Waals surface area contributed by atoms with Crippen LogP contribution >= 0.6 is 24.4 Å². The van der Waals surface area contributed by atoms with Crippen molar-refractivity contribution in [2.45, 2.75) is 9.79 Å². The molecule has 0 nitrogen and oxygen atoms in total. The summed E-state index contributed by atoms with van der Waals surface area (Å²) in [7, 11) is 0. The minimum Gasteiger partial charge on any atom is -0.143 e. The van der Waals surface area contributed by atoms with E-state index in [9.17, 15) is 0 Å². The largest absolute Gasteiger partial charge is 0.143 e. The lowest BCUT2D eigenvalue weighted by Gasteiger charge is -2.16. The van der Waals surface area contributed by atoms with Crippen molar-refractivity contribution in [3.8, 4) is 11.1 Å². The van der Waals surface area contributed by atoms with Gasteiger partial charge in [-0.15, -0.1) is 24.4 Å². The molecule has 23 heavy (non-hydrogen) atoms. The molecule has 0 saturated carbocycles. The Morgan fingerprint density at radius 2 is 1.22 bits per heavy atom. The summed E-state index contributed by atoms with van der Waals surface area (Å²) in [6, 6.07) is 25.8. The number of rotatable bonds is 2. The molecule has 0 N–H and O–H groups in total. The number of fused-ring (bicyclic) bond motifs is 2. The molecular weight excluding hydrogens is 316 g/mol. The molecule has 0 bridgehead atoms. The highest BCUT2D eigenvalue weighted by Gasteiger charge is 2.14. The van der Waals surface area contributed by atoms with Crippen molar-refractivity contribution in [3.63, 3.8) is 0 Å². The second-order valence-electron chi connectivity index (χ2n) is 5.54. The molecular formula is C21H16S2. The Balaban J connectivity index is 2.21. The van der Waals surface area contributed by atoms with Gasteiger partial charge in [0.05, 0.1) is 0 Å². The molecule has 0 heterocycles. The Morgan fingerprint density at radius 3 is 1.87 bits per heavy atom. The zero-order valence-electron chi connectivity index (χ0n) is 12.8. The van der Waals surface area contributed by atoms with Gasteiger partial charge in [-0.3, -0.25) is 0 Å². The average molecular weight is 332 g/mol. The van der Waals surface area contributed by atoms with Crippen LogP contribution in [0.25, 0.3) is 32.7 Å². The first-order valence-electron chi connectivity index (χ1n) is 7.56. The maximum absolute atomic E-state index is 4.79. The van der Waals surface area contributed by atoms with E-state index in [0.717, 1.165) is 4.90 Å². The minimum absolute atomic E-state index is 1.02. The summed E-state index contributed by atoms with van der Waals surface area (Å²) in [5.41, 5.74) is 2.52. The number of hydrogen-bond donors (Lipinski definition) is 1. The summed E-state index contributed by atoms with van der Waals surface area (Å²) in [6.45, 7) is 0. The average Bonchev–Trinajstić information content (AvgIpc) is 2.61. The molecule has 112 valence electrons. The van der Waals surface area contributed by atoms with E-state index in [1.165, 1.54) is 37.6 Å². The molecule has 4 aromatic rings. The van der Waals surface area contributed by atoms with Crippen LogP contribution in [0.2, 0.25) is 0 Å². The van der Waals surface area contributed by atoms with Crippen LogP contribution in [-0.4, -0.2) is 6.26 Å². The SMILES string of the molecule is CSc1ccc2ccccc2c1-c1c(S)ccc2ccccc12. The zero-order valence-corrected chi connectivity index (χ0v) is 14.5. The molecule has 0 spiro atoms. The zero-order chi connectivity index (χ0) is 15.8. The van der Waals surface area contributed by atoms with Crippen LogP contribution in [0, 0.1) is 0 Å².